The quantitative estimate of drug-likeness (QED) is 0.586. The Balaban J connectivity index is 2.38. The second kappa shape index (κ2) is 4.32. The average Bonchev–Trinajstić information content (AvgIpc) is 2.07. The summed E-state index contributed by atoms with van der Waals surface area (Å²) >= 11 is 0. The molecule has 1 N–H and O–H groups in total. The van der Waals surface area contributed by atoms with Gasteiger partial charge in [-0.3, -0.25) is 0 Å². The molecule has 0 heterocycles. The molecule has 0 aromatic rings. The summed E-state index contributed by atoms with van der Waals surface area (Å²) in [4.78, 5) is 0. The molecule has 1 nitrogen and oxygen atoms in total. The zero-order valence-corrected chi connectivity index (χ0v) is 7.27. The fourth-order valence-corrected chi connectivity index (χ4v) is 1.73. The van der Waals surface area contributed by atoms with E-state index >= 15 is 0 Å². The third kappa shape index (κ3) is 2.49. The molecule has 1 aliphatic carbocycles. The molecular formula is C10H17N. The van der Waals surface area contributed by atoms with Gasteiger partial charge in [0.05, 0.1) is 0 Å². The first-order chi connectivity index (χ1) is 5.34. The predicted molar refractivity (Wildman–Crippen MR) is 49.1 cm³/mol. The van der Waals surface area contributed by atoms with E-state index in [1.807, 2.05) is 19.1 Å². The van der Waals surface area contributed by atoms with Gasteiger partial charge in [0.15, 0.2) is 0 Å². The van der Waals surface area contributed by atoms with Gasteiger partial charge in [-0.25, -0.2) is 0 Å². The van der Waals surface area contributed by atoms with E-state index in [2.05, 4.69) is 0 Å². The first kappa shape index (κ1) is 8.51. The normalized spacial score (nSPS) is 20.8. The lowest BCUT2D eigenvalue weighted by atomic mass is 9.86. The van der Waals surface area contributed by atoms with Crippen molar-refractivity contribution < 1.29 is 0 Å². The highest BCUT2D eigenvalue weighted by Crippen LogP contribution is 2.24. The van der Waals surface area contributed by atoms with E-state index in [1.54, 1.807) is 0 Å². The summed E-state index contributed by atoms with van der Waals surface area (Å²) in [6.45, 7) is 1.98. The molecule has 0 atom stereocenters. The van der Waals surface area contributed by atoms with E-state index in [9.17, 15) is 0 Å². The van der Waals surface area contributed by atoms with Crippen molar-refractivity contribution in [1.82, 2.24) is 0 Å². The van der Waals surface area contributed by atoms with Crippen LogP contribution in [0.5, 0.6) is 0 Å². The van der Waals surface area contributed by atoms with E-state index in [0.717, 1.165) is 5.71 Å². The summed E-state index contributed by atoms with van der Waals surface area (Å²) in [6, 6.07) is 0. The Morgan fingerprint density at radius 1 is 1.27 bits per heavy atom. The van der Waals surface area contributed by atoms with E-state index in [-0.39, 0.29) is 0 Å². The van der Waals surface area contributed by atoms with Crippen LogP contribution in [0.15, 0.2) is 12.2 Å². The van der Waals surface area contributed by atoms with Gasteiger partial charge in [-0.15, -0.1) is 0 Å². The second-order valence-corrected chi connectivity index (χ2v) is 3.29. The molecule has 1 aliphatic rings. The standard InChI is InChI=1S/C10H17N/c1-2-6-10(11)9-7-4-3-5-8-9/h2,6,9,11H,3-5,7-8H2,1H3. The maximum Gasteiger partial charge on any atom is 0.0341 e. The van der Waals surface area contributed by atoms with Crippen molar-refractivity contribution in [2.75, 3.05) is 0 Å². The van der Waals surface area contributed by atoms with Crippen LogP contribution in [0.2, 0.25) is 0 Å². The predicted octanol–water partition coefficient (Wildman–Crippen LogP) is 3.16. The first-order valence-corrected chi connectivity index (χ1v) is 4.55. The molecule has 1 heteroatoms. The van der Waals surface area contributed by atoms with Gasteiger partial charge in [0.2, 0.25) is 0 Å². The molecule has 0 spiro atoms. The minimum absolute atomic E-state index is 0.569. The number of hydrogen-bond donors (Lipinski definition) is 1. The Morgan fingerprint density at radius 3 is 2.45 bits per heavy atom. The zero-order chi connectivity index (χ0) is 8.10. The molecule has 0 radical (unpaired) electrons. The maximum absolute atomic E-state index is 7.70. The van der Waals surface area contributed by atoms with E-state index in [0.29, 0.717) is 5.92 Å². The molecule has 11 heavy (non-hydrogen) atoms. The highest BCUT2D eigenvalue weighted by Gasteiger charge is 2.15. The molecule has 0 aliphatic heterocycles. The Kier molecular flexibility index (Phi) is 3.34. The van der Waals surface area contributed by atoms with Gasteiger partial charge in [0, 0.05) is 11.6 Å². The van der Waals surface area contributed by atoms with Gasteiger partial charge >= 0.3 is 0 Å². The van der Waals surface area contributed by atoms with Crippen molar-refractivity contribution in [3.8, 4) is 0 Å². The van der Waals surface area contributed by atoms with Crippen LogP contribution in [0, 0.1) is 11.3 Å². The maximum atomic E-state index is 7.70. The molecule has 1 rings (SSSR count). The minimum atomic E-state index is 0.569. The lowest BCUT2D eigenvalue weighted by molar-refractivity contribution is 0.439. The first-order valence-electron chi connectivity index (χ1n) is 4.55. The van der Waals surface area contributed by atoms with Crippen molar-refractivity contribution in [2.24, 2.45) is 5.92 Å². The van der Waals surface area contributed by atoms with Crippen molar-refractivity contribution >= 4 is 5.71 Å². The molecule has 0 bridgehead atoms. The molecule has 0 aromatic heterocycles. The number of nitrogens with one attached hydrogen (secondary N) is 1. The van der Waals surface area contributed by atoms with Crippen LogP contribution in [-0.2, 0) is 0 Å². The van der Waals surface area contributed by atoms with E-state index in [4.69, 9.17) is 5.41 Å². The molecule has 1 saturated carbocycles. The lowest BCUT2D eigenvalue weighted by Gasteiger charge is -2.20. The topological polar surface area (TPSA) is 23.9 Å². The van der Waals surface area contributed by atoms with Crippen LogP contribution in [0.4, 0.5) is 0 Å². The molecule has 0 amide bonds. The van der Waals surface area contributed by atoms with Crippen LogP contribution in [0.3, 0.4) is 0 Å². The number of hydrogen-bond acceptors (Lipinski definition) is 1. The van der Waals surface area contributed by atoms with Gasteiger partial charge in [-0.1, -0.05) is 25.3 Å². The molecule has 0 unspecified atom stereocenters. The van der Waals surface area contributed by atoms with Gasteiger partial charge in [0.1, 0.15) is 0 Å². The van der Waals surface area contributed by atoms with Gasteiger partial charge in [0.25, 0.3) is 0 Å². The Bertz CT molecular complexity index is 152. The molecule has 62 valence electrons. The summed E-state index contributed by atoms with van der Waals surface area (Å²) < 4.78 is 0. The monoisotopic (exact) mass is 151 g/mol. The minimum Gasteiger partial charge on any atom is -0.305 e. The van der Waals surface area contributed by atoms with Gasteiger partial charge < -0.3 is 5.41 Å². The fraction of sp³-hybridized carbons (Fsp3) is 0.700. The number of rotatable bonds is 2. The van der Waals surface area contributed by atoms with Crippen molar-refractivity contribution in [1.29, 1.82) is 5.41 Å². The fourth-order valence-electron chi connectivity index (χ4n) is 1.73. The van der Waals surface area contributed by atoms with Crippen LogP contribution >= 0.6 is 0 Å². The molecule has 0 aromatic carbocycles. The Labute approximate surface area is 69.0 Å². The summed E-state index contributed by atoms with van der Waals surface area (Å²) in [5.74, 6) is 0.569. The largest absolute Gasteiger partial charge is 0.305 e. The van der Waals surface area contributed by atoms with Crippen molar-refractivity contribution in [3.63, 3.8) is 0 Å². The summed E-state index contributed by atoms with van der Waals surface area (Å²) in [5, 5.41) is 7.70. The summed E-state index contributed by atoms with van der Waals surface area (Å²) in [5.41, 5.74) is 0.840. The highest BCUT2D eigenvalue weighted by molar-refractivity contribution is 5.94. The Hall–Kier alpha value is -0.590. The van der Waals surface area contributed by atoms with E-state index < -0.39 is 0 Å². The Morgan fingerprint density at radius 2 is 1.91 bits per heavy atom. The zero-order valence-electron chi connectivity index (χ0n) is 7.27. The van der Waals surface area contributed by atoms with Crippen LogP contribution in [0.25, 0.3) is 0 Å². The van der Waals surface area contributed by atoms with Crippen LogP contribution in [-0.4, -0.2) is 5.71 Å². The number of allylic oxidation sites excluding steroid dienone is 2. The van der Waals surface area contributed by atoms with Crippen LogP contribution in [0.1, 0.15) is 39.0 Å². The third-order valence-electron chi connectivity index (χ3n) is 2.39. The summed E-state index contributed by atoms with van der Waals surface area (Å²) in [7, 11) is 0. The smallest absolute Gasteiger partial charge is 0.0341 e. The lowest BCUT2D eigenvalue weighted by Crippen LogP contribution is -2.14. The van der Waals surface area contributed by atoms with Gasteiger partial charge in [-0.05, 0) is 25.8 Å². The van der Waals surface area contributed by atoms with E-state index in [1.165, 1.54) is 32.1 Å². The van der Waals surface area contributed by atoms with Crippen LogP contribution < -0.4 is 0 Å². The second-order valence-electron chi connectivity index (χ2n) is 3.29. The summed E-state index contributed by atoms with van der Waals surface area (Å²) in [6.07, 6.45) is 10.4. The third-order valence-corrected chi connectivity index (χ3v) is 2.39. The van der Waals surface area contributed by atoms with Crippen molar-refractivity contribution in [3.05, 3.63) is 12.2 Å². The highest BCUT2D eigenvalue weighted by atomic mass is 14.4. The molecule has 0 saturated heterocycles. The SMILES string of the molecule is CC=CC(=N)C1CCCCC1. The molecular weight excluding hydrogens is 134 g/mol. The average molecular weight is 151 g/mol. The molecule has 1 fully saturated rings. The van der Waals surface area contributed by atoms with Gasteiger partial charge in [-0.2, -0.15) is 0 Å². The van der Waals surface area contributed by atoms with Crippen molar-refractivity contribution in [2.45, 2.75) is 39.0 Å².